The number of carbonyl (C=O) groups is 1. The van der Waals surface area contributed by atoms with Crippen molar-refractivity contribution in [1.82, 2.24) is 4.90 Å². The second kappa shape index (κ2) is 4.73. The molecule has 3 rings (SSSR count). The number of methoxy groups -OCH3 is 1. The lowest BCUT2D eigenvalue weighted by Gasteiger charge is -2.32. The van der Waals surface area contributed by atoms with Gasteiger partial charge in [-0.3, -0.25) is 9.69 Å². The summed E-state index contributed by atoms with van der Waals surface area (Å²) in [7, 11) is 1.71. The number of aryl methyl sites for hydroxylation is 1. The Hall–Kier alpha value is -1.35. The van der Waals surface area contributed by atoms with Crippen molar-refractivity contribution in [3.8, 4) is 5.75 Å². The molecule has 1 aliphatic heterocycles. The number of fused-ring (bicyclic) bond motifs is 1. The molecule has 0 bridgehead atoms. The van der Waals surface area contributed by atoms with E-state index >= 15 is 0 Å². The molecule has 1 aromatic carbocycles. The Balaban J connectivity index is 1.82. The van der Waals surface area contributed by atoms with Crippen LogP contribution in [0.2, 0.25) is 0 Å². The van der Waals surface area contributed by atoms with Gasteiger partial charge in [0.1, 0.15) is 11.5 Å². The van der Waals surface area contributed by atoms with E-state index in [4.69, 9.17) is 4.74 Å². The highest BCUT2D eigenvalue weighted by atomic mass is 16.5. The predicted octanol–water partition coefficient (Wildman–Crippen LogP) is 2.35. The van der Waals surface area contributed by atoms with Crippen molar-refractivity contribution in [3.63, 3.8) is 0 Å². The fourth-order valence-corrected chi connectivity index (χ4v) is 3.15. The third-order valence-corrected chi connectivity index (χ3v) is 4.20. The highest BCUT2D eigenvalue weighted by molar-refractivity contribution is 5.79. The second-order valence-electron chi connectivity index (χ2n) is 5.19. The van der Waals surface area contributed by atoms with Gasteiger partial charge in [0.2, 0.25) is 0 Å². The van der Waals surface area contributed by atoms with Crippen LogP contribution in [0.4, 0.5) is 0 Å². The topological polar surface area (TPSA) is 29.5 Å². The maximum atomic E-state index is 11.3. The van der Waals surface area contributed by atoms with E-state index in [1.807, 2.05) is 6.07 Å². The van der Waals surface area contributed by atoms with E-state index in [2.05, 4.69) is 17.0 Å². The number of benzene rings is 1. The molecule has 96 valence electrons. The lowest BCUT2D eigenvalue weighted by Crippen LogP contribution is -2.36. The van der Waals surface area contributed by atoms with Gasteiger partial charge in [-0.05, 0) is 36.1 Å². The van der Waals surface area contributed by atoms with Crippen LogP contribution < -0.4 is 4.74 Å². The van der Waals surface area contributed by atoms with Crippen molar-refractivity contribution in [2.75, 3.05) is 20.2 Å². The molecule has 18 heavy (non-hydrogen) atoms. The number of ketones is 1. The van der Waals surface area contributed by atoms with Gasteiger partial charge in [0, 0.05) is 32.0 Å². The van der Waals surface area contributed by atoms with Gasteiger partial charge in [-0.15, -0.1) is 0 Å². The fourth-order valence-electron chi connectivity index (χ4n) is 3.15. The van der Waals surface area contributed by atoms with Crippen molar-refractivity contribution < 1.29 is 9.53 Å². The summed E-state index contributed by atoms with van der Waals surface area (Å²) in [5.41, 5.74) is 2.85. The van der Waals surface area contributed by atoms with Gasteiger partial charge in [-0.1, -0.05) is 6.07 Å². The van der Waals surface area contributed by atoms with Crippen LogP contribution in [0.1, 0.15) is 36.4 Å². The highest BCUT2D eigenvalue weighted by Crippen LogP contribution is 2.38. The number of piperidine rings is 1. The van der Waals surface area contributed by atoms with Crippen molar-refractivity contribution in [2.45, 2.75) is 31.7 Å². The fraction of sp³-hybridized carbons (Fsp3) is 0.533. The summed E-state index contributed by atoms with van der Waals surface area (Å²) in [6, 6.07) is 6.89. The van der Waals surface area contributed by atoms with Crippen molar-refractivity contribution in [3.05, 3.63) is 29.3 Å². The molecule has 1 saturated heterocycles. The Labute approximate surface area is 108 Å². The smallest absolute Gasteiger partial charge is 0.135 e. The summed E-state index contributed by atoms with van der Waals surface area (Å²) < 4.78 is 5.32. The van der Waals surface area contributed by atoms with E-state index in [1.54, 1.807) is 7.11 Å². The Morgan fingerprint density at radius 1 is 1.22 bits per heavy atom. The zero-order valence-corrected chi connectivity index (χ0v) is 10.8. The largest absolute Gasteiger partial charge is 0.497 e. The quantitative estimate of drug-likeness (QED) is 0.801. The monoisotopic (exact) mass is 245 g/mol. The molecule has 1 atom stereocenters. The van der Waals surface area contributed by atoms with E-state index in [9.17, 15) is 4.79 Å². The highest BCUT2D eigenvalue weighted by Gasteiger charge is 2.30. The minimum Gasteiger partial charge on any atom is -0.497 e. The van der Waals surface area contributed by atoms with Crippen LogP contribution in [-0.4, -0.2) is 30.9 Å². The van der Waals surface area contributed by atoms with Crippen molar-refractivity contribution in [2.24, 2.45) is 0 Å². The third-order valence-electron chi connectivity index (χ3n) is 4.20. The summed E-state index contributed by atoms with van der Waals surface area (Å²) in [6.07, 6.45) is 3.76. The molecule has 1 heterocycles. The molecule has 0 radical (unpaired) electrons. The molecule has 0 aromatic heterocycles. The molecule has 3 heteroatoms. The van der Waals surface area contributed by atoms with E-state index in [1.165, 1.54) is 17.5 Å². The normalized spacial score (nSPS) is 24.1. The molecule has 0 N–H and O–H groups in total. The van der Waals surface area contributed by atoms with Crippen LogP contribution in [0.3, 0.4) is 0 Å². The number of carbonyl (C=O) groups excluding carboxylic acids is 1. The van der Waals surface area contributed by atoms with Gasteiger partial charge in [0.05, 0.1) is 7.11 Å². The second-order valence-corrected chi connectivity index (χ2v) is 5.19. The molecule has 0 saturated carbocycles. The van der Waals surface area contributed by atoms with Crippen LogP contribution in [0, 0.1) is 0 Å². The molecule has 2 aliphatic rings. The molecule has 1 unspecified atom stereocenters. The summed E-state index contributed by atoms with van der Waals surface area (Å²) in [5.74, 6) is 1.35. The first kappa shape index (κ1) is 11.7. The average Bonchev–Trinajstić information content (AvgIpc) is 2.82. The van der Waals surface area contributed by atoms with Gasteiger partial charge in [-0.25, -0.2) is 0 Å². The van der Waals surface area contributed by atoms with Crippen LogP contribution in [0.5, 0.6) is 5.75 Å². The average molecular weight is 245 g/mol. The van der Waals surface area contributed by atoms with Crippen molar-refractivity contribution >= 4 is 5.78 Å². The maximum absolute atomic E-state index is 11.3. The Morgan fingerprint density at radius 2 is 2.00 bits per heavy atom. The number of likely N-dealkylation sites (tertiary alicyclic amines) is 1. The van der Waals surface area contributed by atoms with Gasteiger partial charge >= 0.3 is 0 Å². The maximum Gasteiger partial charge on any atom is 0.135 e. The van der Waals surface area contributed by atoms with E-state index in [0.717, 1.165) is 38.1 Å². The summed E-state index contributed by atoms with van der Waals surface area (Å²) in [4.78, 5) is 13.8. The van der Waals surface area contributed by atoms with Crippen LogP contribution >= 0.6 is 0 Å². The number of nitrogens with zero attached hydrogens (tertiary/aromatic N) is 1. The number of ether oxygens (including phenoxy) is 1. The first-order chi connectivity index (χ1) is 8.78. The van der Waals surface area contributed by atoms with E-state index in [-0.39, 0.29) is 0 Å². The van der Waals surface area contributed by atoms with Gasteiger partial charge in [0.25, 0.3) is 0 Å². The number of Topliss-reactive ketones (excluding diaryl/α,β-unsaturated/α-hetero) is 1. The molecular formula is C15H19NO2. The Morgan fingerprint density at radius 3 is 2.72 bits per heavy atom. The Bertz CT molecular complexity index is 460. The molecule has 1 aliphatic carbocycles. The number of hydrogen-bond acceptors (Lipinski definition) is 3. The first-order valence-corrected chi connectivity index (χ1v) is 6.70. The summed E-state index contributed by atoms with van der Waals surface area (Å²) >= 11 is 0. The van der Waals surface area contributed by atoms with Gasteiger partial charge in [0.15, 0.2) is 0 Å². The van der Waals surface area contributed by atoms with Crippen molar-refractivity contribution in [1.29, 1.82) is 0 Å². The molecule has 0 amide bonds. The van der Waals surface area contributed by atoms with Crippen LogP contribution in [-0.2, 0) is 11.2 Å². The zero-order valence-electron chi connectivity index (χ0n) is 10.8. The minimum absolute atomic E-state index is 0.412. The van der Waals surface area contributed by atoms with E-state index in [0.29, 0.717) is 11.8 Å². The van der Waals surface area contributed by atoms with Gasteiger partial charge in [-0.2, -0.15) is 0 Å². The van der Waals surface area contributed by atoms with Crippen LogP contribution in [0.15, 0.2) is 18.2 Å². The lowest BCUT2D eigenvalue weighted by molar-refractivity contribution is -0.121. The molecular weight excluding hydrogens is 226 g/mol. The summed E-state index contributed by atoms with van der Waals surface area (Å²) in [5, 5.41) is 0. The molecule has 1 fully saturated rings. The first-order valence-electron chi connectivity index (χ1n) is 6.70. The lowest BCUT2D eigenvalue weighted by atomic mass is 10.0. The third kappa shape index (κ3) is 2.03. The zero-order chi connectivity index (χ0) is 12.5. The standard InChI is InChI=1S/C15H19NO2/c1-18-13-4-2-11-3-5-15(14(11)10-13)16-8-6-12(17)7-9-16/h2,4,10,15H,3,5-9H2,1H3. The number of hydrogen-bond donors (Lipinski definition) is 0. The minimum atomic E-state index is 0.412. The molecule has 0 spiro atoms. The van der Waals surface area contributed by atoms with Crippen LogP contribution in [0.25, 0.3) is 0 Å². The van der Waals surface area contributed by atoms with Gasteiger partial charge < -0.3 is 4.74 Å². The number of rotatable bonds is 2. The molecule has 3 nitrogen and oxygen atoms in total. The van der Waals surface area contributed by atoms with E-state index < -0.39 is 0 Å². The Kier molecular flexibility index (Phi) is 3.08. The summed E-state index contributed by atoms with van der Waals surface area (Å²) in [6.45, 7) is 1.83. The predicted molar refractivity (Wildman–Crippen MR) is 69.9 cm³/mol. The SMILES string of the molecule is COc1ccc2c(c1)C(N1CCC(=O)CC1)CC2. The molecule has 1 aromatic rings.